The maximum Gasteiger partial charge on any atom is 0.155 e. The molecule has 0 amide bonds. The van der Waals surface area contributed by atoms with Crippen LogP contribution >= 0.6 is 11.3 Å². The molecule has 0 aromatic carbocycles. The van der Waals surface area contributed by atoms with Gasteiger partial charge in [-0.15, -0.1) is 11.3 Å². The molecule has 2 rings (SSSR count). The number of thiazole rings is 1. The zero-order chi connectivity index (χ0) is 10.5. The predicted molar refractivity (Wildman–Crippen MR) is 58.4 cm³/mol. The molecule has 0 saturated carbocycles. The molecule has 0 spiro atoms. The van der Waals surface area contributed by atoms with Crippen molar-refractivity contribution in [3.8, 4) is 6.07 Å². The second-order valence-corrected chi connectivity index (χ2v) is 3.71. The summed E-state index contributed by atoms with van der Waals surface area (Å²) in [4.78, 5) is 8.62. The molecule has 5 heteroatoms. The third-order valence-corrected chi connectivity index (χ3v) is 2.61. The Morgan fingerprint density at radius 2 is 2.20 bits per heavy atom. The quantitative estimate of drug-likeness (QED) is 0.852. The summed E-state index contributed by atoms with van der Waals surface area (Å²) in [5, 5.41) is 11.9. The maximum absolute atomic E-state index is 8.77. The van der Waals surface area contributed by atoms with Gasteiger partial charge >= 0.3 is 0 Å². The van der Waals surface area contributed by atoms with E-state index >= 15 is 0 Å². The Kier molecular flexibility index (Phi) is 2.90. The van der Waals surface area contributed by atoms with Crippen LogP contribution in [0.15, 0.2) is 30.0 Å². The molecule has 0 unspecified atom stereocenters. The molecular weight excluding hydrogens is 208 g/mol. The Hall–Kier alpha value is -1.93. The van der Waals surface area contributed by atoms with Gasteiger partial charge in [-0.3, -0.25) is 4.98 Å². The molecule has 2 heterocycles. The van der Waals surface area contributed by atoms with E-state index in [0.29, 0.717) is 17.2 Å². The van der Waals surface area contributed by atoms with E-state index in [-0.39, 0.29) is 0 Å². The summed E-state index contributed by atoms with van der Waals surface area (Å²) in [6.45, 7) is 0.654. The summed E-state index contributed by atoms with van der Waals surface area (Å²) >= 11 is 1.34. The van der Waals surface area contributed by atoms with E-state index < -0.39 is 0 Å². The van der Waals surface area contributed by atoms with Crippen LogP contribution in [-0.4, -0.2) is 9.97 Å². The van der Waals surface area contributed by atoms with Gasteiger partial charge in [0.2, 0.25) is 0 Å². The SMILES string of the molecule is N#Cc1scnc1NCc1ccncc1. The summed E-state index contributed by atoms with van der Waals surface area (Å²) in [5.41, 5.74) is 2.77. The van der Waals surface area contributed by atoms with Gasteiger partial charge in [-0.05, 0) is 17.7 Å². The summed E-state index contributed by atoms with van der Waals surface area (Å²) in [6.07, 6.45) is 3.48. The Morgan fingerprint density at radius 3 is 2.93 bits per heavy atom. The van der Waals surface area contributed by atoms with Gasteiger partial charge in [0.15, 0.2) is 5.82 Å². The lowest BCUT2D eigenvalue weighted by atomic mass is 10.3. The number of nitriles is 1. The molecule has 0 aliphatic heterocycles. The minimum Gasteiger partial charge on any atom is -0.364 e. The molecule has 2 aromatic rings. The number of rotatable bonds is 3. The molecule has 0 bridgehead atoms. The van der Waals surface area contributed by atoms with Crippen LogP contribution in [0.3, 0.4) is 0 Å². The first kappa shape index (κ1) is 9.62. The summed E-state index contributed by atoms with van der Waals surface area (Å²) < 4.78 is 0. The Bertz CT molecular complexity index is 472. The Balaban J connectivity index is 2.03. The van der Waals surface area contributed by atoms with Crippen LogP contribution in [0.5, 0.6) is 0 Å². The van der Waals surface area contributed by atoms with E-state index in [4.69, 9.17) is 5.26 Å². The number of anilines is 1. The van der Waals surface area contributed by atoms with Gasteiger partial charge in [0.25, 0.3) is 0 Å². The van der Waals surface area contributed by atoms with E-state index in [0.717, 1.165) is 5.56 Å². The molecule has 0 fully saturated rings. The van der Waals surface area contributed by atoms with Crippen LogP contribution in [0.4, 0.5) is 5.82 Å². The van der Waals surface area contributed by atoms with Gasteiger partial charge in [0.05, 0.1) is 5.51 Å². The van der Waals surface area contributed by atoms with Crippen LogP contribution in [0.1, 0.15) is 10.4 Å². The fraction of sp³-hybridized carbons (Fsp3) is 0.100. The molecule has 0 atom stereocenters. The van der Waals surface area contributed by atoms with Crippen molar-refractivity contribution in [3.05, 3.63) is 40.5 Å². The molecule has 0 aliphatic rings. The lowest BCUT2D eigenvalue weighted by molar-refractivity contribution is 1.10. The average molecular weight is 216 g/mol. The molecule has 74 valence electrons. The van der Waals surface area contributed by atoms with E-state index in [9.17, 15) is 0 Å². The molecule has 15 heavy (non-hydrogen) atoms. The number of nitrogens with one attached hydrogen (secondary N) is 1. The first-order chi connectivity index (χ1) is 7.40. The highest BCUT2D eigenvalue weighted by Crippen LogP contribution is 2.17. The average Bonchev–Trinajstić information content (AvgIpc) is 2.75. The number of pyridine rings is 1. The summed E-state index contributed by atoms with van der Waals surface area (Å²) in [6, 6.07) is 5.94. The molecule has 0 aliphatic carbocycles. The molecule has 0 saturated heterocycles. The van der Waals surface area contributed by atoms with Gasteiger partial charge in [-0.25, -0.2) is 4.98 Å². The van der Waals surface area contributed by atoms with Crippen LogP contribution in [0.25, 0.3) is 0 Å². The number of hydrogen-bond acceptors (Lipinski definition) is 5. The van der Waals surface area contributed by atoms with Crippen molar-refractivity contribution in [2.75, 3.05) is 5.32 Å². The molecule has 2 aromatic heterocycles. The fourth-order valence-corrected chi connectivity index (χ4v) is 1.69. The predicted octanol–water partition coefficient (Wildman–Crippen LogP) is 2.02. The van der Waals surface area contributed by atoms with Gasteiger partial charge in [0, 0.05) is 18.9 Å². The van der Waals surface area contributed by atoms with Crippen LogP contribution in [-0.2, 0) is 6.54 Å². The molecule has 4 nitrogen and oxygen atoms in total. The third kappa shape index (κ3) is 2.30. The lowest BCUT2D eigenvalue weighted by Gasteiger charge is -2.02. The minimum absolute atomic E-state index is 0.615. The van der Waals surface area contributed by atoms with Crippen molar-refractivity contribution in [2.24, 2.45) is 0 Å². The summed E-state index contributed by atoms with van der Waals surface area (Å²) in [5.74, 6) is 0.652. The first-order valence-corrected chi connectivity index (χ1v) is 5.24. The standard InChI is InChI=1S/C10H8N4S/c11-5-9-10(14-7-15-9)13-6-8-1-3-12-4-2-8/h1-4,7,13H,6H2. The van der Waals surface area contributed by atoms with Crippen LogP contribution in [0, 0.1) is 11.3 Å². The number of hydrogen-bond donors (Lipinski definition) is 1. The Labute approximate surface area is 91.2 Å². The maximum atomic E-state index is 8.77. The van der Waals surface area contributed by atoms with Crippen molar-refractivity contribution in [3.63, 3.8) is 0 Å². The topological polar surface area (TPSA) is 61.6 Å². The van der Waals surface area contributed by atoms with E-state index in [1.807, 2.05) is 12.1 Å². The van der Waals surface area contributed by atoms with E-state index in [2.05, 4.69) is 21.4 Å². The zero-order valence-electron chi connectivity index (χ0n) is 7.84. The monoisotopic (exact) mass is 216 g/mol. The fourth-order valence-electron chi connectivity index (χ4n) is 1.14. The van der Waals surface area contributed by atoms with Crippen molar-refractivity contribution >= 4 is 17.2 Å². The third-order valence-electron chi connectivity index (χ3n) is 1.88. The van der Waals surface area contributed by atoms with E-state index in [1.165, 1.54) is 11.3 Å². The lowest BCUT2D eigenvalue weighted by Crippen LogP contribution is -2.00. The van der Waals surface area contributed by atoms with Crippen molar-refractivity contribution < 1.29 is 0 Å². The summed E-state index contributed by atoms with van der Waals surface area (Å²) in [7, 11) is 0. The van der Waals surface area contributed by atoms with Crippen LogP contribution in [0.2, 0.25) is 0 Å². The highest BCUT2D eigenvalue weighted by Gasteiger charge is 2.03. The van der Waals surface area contributed by atoms with Gasteiger partial charge in [-0.2, -0.15) is 5.26 Å². The molecule has 1 N–H and O–H groups in total. The van der Waals surface area contributed by atoms with Crippen molar-refractivity contribution in [2.45, 2.75) is 6.54 Å². The van der Waals surface area contributed by atoms with E-state index in [1.54, 1.807) is 17.9 Å². The zero-order valence-corrected chi connectivity index (χ0v) is 8.66. The number of aromatic nitrogens is 2. The Morgan fingerprint density at radius 1 is 1.40 bits per heavy atom. The second-order valence-electron chi connectivity index (χ2n) is 2.85. The van der Waals surface area contributed by atoms with Crippen molar-refractivity contribution in [1.82, 2.24) is 9.97 Å². The normalized spacial score (nSPS) is 9.53. The minimum atomic E-state index is 0.615. The van der Waals surface area contributed by atoms with Gasteiger partial charge < -0.3 is 5.32 Å². The van der Waals surface area contributed by atoms with Gasteiger partial charge in [0.1, 0.15) is 10.9 Å². The smallest absolute Gasteiger partial charge is 0.155 e. The van der Waals surface area contributed by atoms with Crippen LogP contribution < -0.4 is 5.32 Å². The largest absolute Gasteiger partial charge is 0.364 e. The van der Waals surface area contributed by atoms with Crippen molar-refractivity contribution in [1.29, 1.82) is 5.26 Å². The van der Waals surface area contributed by atoms with Gasteiger partial charge in [-0.1, -0.05) is 0 Å². The number of nitrogens with zero attached hydrogens (tertiary/aromatic N) is 3. The molecular formula is C10H8N4S. The molecule has 0 radical (unpaired) electrons. The highest BCUT2D eigenvalue weighted by atomic mass is 32.1. The highest BCUT2D eigenvalue weighted by molar-refractivity contribution is 7.10. The second kappa shape index (κ2) is 4.53. The first-order valence-electron chi connectivity index (χ1n) is 4.36.